The number of carbonyl (C=O) groups is 2. The van der Waals surface area contributed by atoms with Gasteiger partial charge in [-0.15, -0.1) is 0 Å². The van der Waals surface area contributed by atoms with Crippen molar-refractivity contribution >= 4 is 34.5 Å². The monoisotopic (exact) mass is 301 g/mol. The van der Waals surface area contributed by atoms with Crippen LogP contribution in [0.3, 0.4) is 0 Å². The molecule has 5 nitrogen and oxygen atoms in total. The van der Waals surface area contributed by atoms with Gasteiger partial charge in [0.1, 0.15) is 18.5 Å². The third-order valence-electron chi connectivity index (χ3n) is 2.49. The Hall–Kier alpha value is -1.24. The van der Waals surface area contributed by atoms with Gasteiger partial charge in [0.05, 0.1) is 12.3 Å². The second-order valence-electron chi connectivity index (χ2n) is 3.98. The first-order valence-corrected chi connectivity index (χ1v) is 6.96. The highest BCUT2D eigenvalue weighted by atomic mass is 35.5. The summed E-state index contributed by atoms with van der Waals surface area (Å²) in [7, 11) is 0. The smallest absolute Gasteiger partial charge is 0.288 e. The van der Waals surface area contributed by atoms with Crippen molar-refractivity contribution in [2.45, 2.75) is 6.10 Å². The lowest BCUT2D eigenvalue weighted by Crippen LogP contribution is -2.38. The highest BCUT2D eigenvalue weighted by molar-refractivity contribution is 8.14. The molecule has 1 heterocycles. The van der Waals surface area contributed by atoms with E-state index >= 15 is 0 Å². The summed E-state index contributed by atoms with van der Waals surface area (Å²) in [6.07, 6.45) is -0.915. The number of hydrogen-bond donors (Lipinski definition) is 1. The number of halogens is 1. The van der Waals surface area contributed by atoms with E-state index in [1.165, 1.54) is 0 Å². The molecule has 1 unspecified atom stereocenters. The molecule has 2 amide bonds. The summed E-state index contributed by atoms with van der Waals surface area (Å²) in [6, 6.07) is 6.70. The van der Waals surface area contributed by atoms with Gasteiger partial charge in [0.25, 0.3) is 5.24 Å². The van der Waals surface area contributed by atoms with Crippen LogP contribution >= 0.6 is 23.4 Å². The van der Waals surface area contributed by atoms with E-state index in [1.807, 2.05) is 0 Å². The van der Waals surface area contributed by atoms with E-state index in [0.717, 1.165) is 16.7 Å². The lowest BCUT2D eigenvalue weighted by molar-refractivity contribution is -0.125. The number of benzene rings is 1. The SMILES string of the molecule is O=C1CSC(=O)N1CC(O)COc1ccc(Cl)cc1. The van der Waals surface area contributed by atoms with Gasteiger partial charge in [-0.05, 0) is 24.3 Å². The van der Waals surface area contributed by atoms with Gasteiger partial charge in [-0.3, -0.25) is 14.5 Å². The summed E-state index contributed by atoms with van der Waals surface area (Å²) in [5, 5.41) is 10.0. The van der Waals surface area contributed by atoms with E-state index in [9.17, 15) is 14.7 Å². The average molecular weight is 302 g/mol. The summed E-state index contributed by atoms with van der Waals surface area (Å²) in [5.74, 6) is 0.432. The van der Waals surface area contributed by atoms with Gasteiger partial charge in [0.15, 0.2) is 0 Å². The Bertz CT molecular complexity index is 463. The molecule has 1 saturated heterocycles. The first-order valence-electron chi connectivity index (χ1n) is 5.60. The number of amides is 2. The molecule has 102 valence electrons. The highest BCUT2D eigenvalue weighted by Gasteiger charge is 2.31. The van der Waals surface area contributed by atoms with E-state index < -0.39 is 6.10 Å². The largest absolute Gasteiger partial charge is 0.491 e. The minimum atomic E-state index is -0.915. The van der Waals surface area contributed by atoms with Crippen LogP contribution in [0.5, 0.6) is 5.75 Å². The van der Waals surface area contributed by atoms with Gasteiger partial charge in [-0.1, -0.05) is 23.4 Å². The summed E-state index contributed by atoms with van der Waals surface area (Å²) in [5.41, 5.74) is 0. The Kier molecular flexibility index (Phi) is 4.68. The van der Waals surface area contributed by atoms with Gasteiger partial charge in [-0.25, -0.2) is 0 Å². The van der Waals surface area contributed by atoms with E-state index in [2.05, 4.69) is 0 Å². The van der Waals surface area contributed by atoms with Gasteiger partial charge >= 0.3 is 0 Å². The number of ether oxygens (including phenoxy) is 1. The topological polar surface area (TPSA) is 66.8 Å². The Morgan fingerprint density at radius 1 is 1.37 bits per heavy atom. The molecule has 7 heteroatoms. The molecule has 0 saturated carbocycles. The van der Waals surface area contributed by atoms with Crippen molar-refractivity contribution in [3.63, 3.8) is 0 Å². The molecule has 1 aliphatic heterocycles. The minimum Gasteiger partial charge on any atom is -0.491 e. The normalized spacial score (nSPS) is 16.8. The fourth-order valence-electron chi connectivity index (χ4n) is 1.54. The number of β-amino-alcohol motifs (C(OH)–C–C–N with tert-alkyl or cyclic N) is 1. The Balaban J connectivity index is 1.81. The number of hydrogen-bond acceptors (Lipinski definition) is 5. The molecule has 1 aromatic carbocycles. The number of aliphatic hydroxyl groups is 1. The molecule has 2 rings (SSSR count). The fourth-order valence-corrected chi connectivity index (χ4v) is 2.41. The standard InChI is InChI=1S/C12H12ClNO4S/c13-8-1-3-10(4-2-8)18-6-9(15)5-14-11(16)7-19-12(14)17/h1-4,9,15H,5-7H2. The molecule has 19 heavy (non-hydrogen) atoms. The highest BCUT2D eigenvalue weighted by Crippen LogP contribution is 2.19. The summed E-state index contributed by atoms with van der Waals surface area (Å²) < 4.78 is 5.34. The van der Waals surface area contributed by atoms with E-state index in [0.29, 0.717) is 10.8 Å². The van der Waals surface area contributed by atoms with Crippen molar-refractivity contribution in [1.82, 2.24) is 4.90 Å². The molecular formula is C12H12ClNO4S. The van der Waals surface area contributed by atoms with Crippen molar-refractivity contribution in [1.29, 1.82) is 0 Å². The number of nitrogens with zero attached hydrogens (tertiary/aromatic N) is 1. The van der Waals surface area contributed by atoms with Gasteiger partial charge in [0, 0.05) is 5.02 Å². The Morgan fingerprint density at radius 2 is 2.05 bits per heavy atom. The zero-order chi connectivity index (χ0) is 13.8. The first kappa shape index (κ1) is 14.2. The van der Waals surface area contributed by atoms with Crippen LogP contribution in [0, 0.1) is 0 Å². The maximum atomic E-state index is 11.3. The van der Waals surface area contributed by atoms with Gasteiger partial charge in [-0.2, -0.15) is 0 Å². The Morgan fingerprint density at radius 3 is 2.63 bits per heavy atom. The fraction of sp³-hybridized carbons (Fsp3) is 0.333. The van der Waals surface area contributed by atoms with E-state index in [4.69, 9.17) is 16.3 Å². The number of imide groups is 1. The summed E-state index contributed by atoms with van der Waals surface area (Å²) in [6.45, 7) is -0.0401. The van der Waals surface area contributed by atoms with Crippen LogP contribution < -0.4 is 4.74 Å². The molecule has 0 spiro atoms. The van der Waals surface area contributed by atoms with Crippen LogP contribution in [0.1, 0.15) is 0 Å². The van der Waals surface area contributed by atoms with Crippen molar-refractivity contribution in [3.8, 4) is 5.75 Å². The van der Waals surface area contributed by atoms with E-state index in [-0.39, 0.29) is 30.1 Å². The maximum Gasteiger partial charge on any atom is 0.288 e. The van der Waals surface area contributed by atoms with Crippen molar-refractivity contribution < 1.29 is 19.4 Å². The summed E-state index contributed by atoms with van der Waals surface area (Å²) in [4.78, 5) is 23.7. The third-order valence-corrected chi connectivity index (χ3v) is 3.60. The lowest BCUT2D eigenvalue weighted by Gasteiger charge is -2.18. The number of aliphatic hydroxyl groups excluding tert-OH is 1. The maximum absolute atomic E-state index is 11.3. The predicted molar refractivity (Wildman–Crippen MR) is 72.5 cm³/mol. The molecule has 0 radical (unpaired) electrons. The Labute approximate surface area is 119 Å². The minimum absolute atomic E-state index is 0.00333. The zero-order valence-corrected chi connectivity index (χ0v) is 11.5. The number of carbonyl (C=O) groups excluding carboxylic acids is 2. The molecule has 1 aromatic rings. The quantitative estimate of drug-likeness (QED) is 0.898. The molecule has 1 atom stereocenters. The molecule has 1 N–H and O–H groups in total. The summed E-state index contributed by atoms with van der Waals surface area (Å²) >= 11 is 6.67. The molecular weight excluding hydrogens is 290 g/mol. The molecule has 0 aliphatic carbocycles. The number of rotatable bonds is 5. The predicted octanol–water partition coefficient (Wildman–Crippen LogP) is 1.78. The second kappa shape index (κ2) is 6.27. The third kappa shape index (κ3) is 3.86. The van der Waals surface area contributed by atoms with Crippen LogP contribution in [0.25, 0.3) is 0 Å². The lowest BCUT2D eigenvalue weighted by atomic mass is 10.3. The molecule has 0 aromatic heterocycles. The zero-order valence-electron chi connectivity index (χ0n) is 9.91. The van der Waals surface area contributed by atoms with Crippen molar-refractivity contribution in [2.75, 3.05) is 18.9 Å². The van der Waals surface area contributed by atoms with Crippen molar-refractivity contribution in [2.24, 2.45) is 0 Å². The molecule has 1 fully saturated rings. The first-order chi connectivity index (χ1) is 9.06. The van der Waals surface area contributed by atoms with Gasteiger partial charge < -0.3 is 9.84 Å². The molecule has 0 bridgehead atoms. The van der Waals surface area contributed by atoms with Crippen LogP contribution in [0.15, 0.2) is 24.3 Å². The second-order valence-corrected chi connectivity index (χ2v) is 5.34. The average Bonchev–Trinajstić information content (AvgIpc) is 2.70. The van der Waals surface area contributed by atoms with Crippen LogP contribution in [-0.2, 0) is 4.79 Å². The van der Waals surface area contributed by atoms with Crippen LogP contribution in [0.2, 0.25) is 5.02 Å². The van der Waals surface area contributed by atoms with Crippen molar-refractivity contribution in [3.05, 3.63) is 29.3 Å². The number of thioether (sulfide) groups is 1. The van der Waals surface area contributed by atoms with Gasteiger partial charge in [0.2, 0.25) is 5.91 Å². The van der Waals surface area contributed by atoms with Crippen LogP contribution in [0.4, 0.5) is 4.79 Å². The van der Waals surface area contributed by atoms with Crippen LogP contribution in [-0.4, -0.2) is 46.2 Å². The van der Waals surface area contributed by atoms with E-state index in [1.54, 1.807) is 24.3 Å². The molecule has 1 aliphatic rings.